The topological polar surface area (TPSA) is 47.6 Å². The van der Waals surface area contributed by atoms with Crippen LogP contribution in [0.15, 0.2) is 48.5 Å². The highest BCUT2D eigenvalue weighted by molar-refractivity contribution is 5.94. The first kappa shape index (κ1) is 16.0. The summed E-state index contributed by atoms with van der Waals surface area (Å²) in [6.45, 7) is 0.233. The third kappa shape index (κ3) is 3.83. The van der Waals surface area contributed by atoms with Crippen molar-refractivity contribution >= 4 is 5.91 Å². The quantitative estimate of drug-likeness (QED) is 0.892. The zero-order chi connectivity index (χ0) is 15.9. The first-order chi connectivity index (χ1) is 10.7. The third-order valence-corrected chi connectivity index (χ3v) is 3.32. The molecule has 0 spiro atoms. The van der Waals surface area contributed by atoms with Crippen molar-refractivity contribution < 1.29 is 18.7 Å². The molecule has 4 nitrogen and oxygen atoms in total. The van der Waals surface area contributed by atoms with Gasteiger partial charge in [0.25, 0.3) is 5.91 Å². The molecular formula is C17H18FNO3. The highest BCUT2D eigenvalue weighted by Crippen LogP contribution is 2.21. The minimum Gasteiger partial charge on any atom is -0.497 e. The molecular weight excluding hydrogens is 285 g/mol. The molecule has 0 saturated carbocycles. The summed E-state index contributed by atoms with van der Waals surface area (Å²) in [6, 6.07) is 13.2. The van der Waals surface area contributed by atoms with Crippen molar-refractivity contribution in [3.8, 4) is 5.75 Å². The van der Waals surface area contributed by atoms with Gasteiger partial charge in [0.05, 0.1) is 18.8 Å². The number of hydrogen-bond acceptors (Lipinski definition) is 3. The fraction of sp³-hybridized carbons (Fsp3) is 0.235. The predicted octanol–water partition coefficient (Wildman–Crippen LogP) is 2.95. The van der Waals surface area contributed by atoms with E-state index >= 15 is 0 Å². The molecule has 22 heavy (non-hydrogen) atoms. The van der Waals surface area contributed by atoms with E-state index in [0.717, 1.165) is 5.56 Å². The van der Waals surface area contributed by atoms with Crippen LogP contribution in [0.5, 0.6) is 5.75 Å². The van der Waals surface area contributed by atoms with E-state index in [2.05, 4.69) is 5.32 Å². The zero-order valence-electron chi connectivity index (χ0n) is 12.5. The van der Waals surface area contributed by atoms with Gasteiger partial charge in [-0.3, -0.25) is 4.79 Å². The second-order valence-electron chi connectivity index (χ2n) is 4.69. The second kappa shape index (κ2) is 7.56. The van der Waals surface area contributed by atoms with Crippen molar-refractivity contribution in [3.05, 3.63) is 65.5 Å². The summed E-state index contributed by atoms with van der Waals surface area (Å²) in [4.78, 5) is 12.0. The minimum absolute atomic E-state index is 0.0167. The molecule has 0 fully saturated rings. The summed E-state index contributed by atoms with van der Waals surface area (Å²) in [5.74, 6) is -0.307. The Balaban J connectivity index is 2.05. The van der Waals surface area contributed by atoms with Crippen LogP contribution in [0.2, 0.25) is 0 Å². The van der Waals surface area contributed by atoms with Gasteiger partial charge in [0.2, 0.25) is 0 Å². The Bertz CT molecular complexity index is 645. The van der Waals surface area contributed by atoms with Crippen molar-refractivity contribution in [3.63, 3.8) is 0 Å². The largest absolute Gasteiger partial charge is 0.497 e. The van der Waals surface area contributed by atoms with Crippen LogP contribution in [-0.4, -0.2) is 26.7 Å². The molecule has 0 radical (unpaired) electrons. The number of rotatable bonds is 6. The number of hydrogen-bond donors (Lipinski definition) is 1. The van der Waals surface area contributed by atoms with Gasteiger partial charge in [0.15, 0.2) is 0 Å². The average molecular weight is 303 g/mol. The number of benzene rings is 2. The van der Waals surface area contributed by atoms with Gasteiger partial charge in [-0.1, -0.05) is 24.3 Å². The predicted molar refractivity (Wildman–Crippen MR) is 81.5 cm³/mol. The SMILES string of the molecule is COc1cccc(C(CNC(=O)c2ccccc2F)OC)c1. The van der Waals surface area contributed by atoms with Gasteiger partial charge in [0, 0.05) is 13.7 Å². The van der Waals surface area contributed by atoms with Crippen molar-refractivity contribution in [2.45, 2.75) is 6.10 Å². The number of nitrogens with one attached hydrogen (secondary N) is 1. The van der Waals surface area contributed by atoms with Crippen LogP contribution in [0.4, 0.5) is 4.39 Å². The monoisotopic (exact) mass is 303 g/mol. The number of halogens is 1. The molecule has 116 valence electrons. The van der Waals surface area contributed by atoms with Crippen LogP contribution in [0.1, 0.15) is 22.0 Å². The lowest BCUT2D eigenvalue weighted by atomic mass is 10.1. The molecule has 0 saturated heterocycles. The normalized spacial score (nSPS) is 11.8. The molecule has 2 aromatic rings. The number of carbonyl (C=O) groups is 1. The summed E-state index contributed by atoms with van der Waals surface area (Å²) < 4.78 is 24.1. The van der Waals surface area contributed by atoms with Crippen LogP contribution < -0.4 is 10.1 Å². The molecule has 1 amide bonds. The molecule has 5 heteroatoms. The van der Waals surface area contributed by atoms with Crippen molar-refractivity contribution in [2.24, 2.45) is 0 Å². The molecule has 1 N–H and O–H groups in total. The third-order valence-electron chi connectivity index (χ3n) is 3.32. The summed E-state index contributed by atoms with van der Waals surface area (Å²) in [5, 5.41) is 2.68. The summed E-state index contributed by atoms with van der Waals surface area (Å²) >= 11 is 0. The maximum atomic E-state index is 13.6. The fourth-order valence-corrected chi connectivity index (χ4v) is 2.11. The zero-order valence-corrected chi connectivity index (χ0v) is 12.5. The Morgan fingerprint density at radius 1 is 1.18 bits per heavy atom. The van der Waals surface area contributed by atoms with E-state index in [-0.39, 0.29) is 18.2 Å². The van der Waals surface area contributed by atoms with Gasteiger partial charge in [0.1, 0.15) is 11.6 Å². The first-order valence-electron chi connectivity index (χ1n) is 6.85. The first-order valence-corrected chi connectivity index (χ1v) is 6.85. The van der Waals surface area contributed by atoms with Gasteiger partial charge < -0.3 is 14.8 Å². The number of amides is 1. The maximum absolute atomic E-state index is 13.6. The van der Waals surface area contributed by atoms with Gasteiger partial charge in [-0.25, -0.2) is 4.39 Å². The summed E-state index contributed by atoms with van der Waals surface area (Å²) in [6.07, 6.45) is -0.342. The van der Waals surface area contributed by atoms with Gasteiger partial charge in [-0.05, 0) is 29.8 Å². The number of ether oxygens (including phenoxy) is 2. The van der Waals surface area contributed by atoms with E-state index in [1.54, 1.807) is 26.4 Å². The van der Waals surface area contributed by atoms with E-state index < -0.39 is 11.7 Å². The van der Waals surface area contributed by atoms with E-state index in [1.807, 2.05) is 24.3 Å². The van der Waals surface area contributed by atoms with E-state index in [0.29, 0.717) is 5.75 Å². The van der Waals surface area contributed by atoms with E-state index in [9.17, 15) is 9.18 Å². The van der Waals surface area contributed by atoms with Gasteiger partial charge in [-0.2, -0.15) is 0 Å². The molecule has 0 heterocycles. The molecule has 0 aliphatic carbocycles. The maximum Gasteiger partial charge on any atom is 0.254 e. The second-order valence-corrected chi connectivity index (χ2v) is 4.69. The van der Waals surface area contributed by atoms with E-state index in [1.165, 1.54) is 12.1 Å². The van der Waals surface area contributed by atoms with Crippen LogP contribution in [-0.2, 0) is 4.74 Å². The molecule has 1 atom stereocenters. The molecule has 2 aromatic carbocycles. The lowest BCUT2D eigenvalue weighted by Gasteiger charge is -2.17. The van der Waals surface area contributed by atoms with E-state index in [4.69, 9.17) is 9.47 Å². The van der Waals surface area contributed by atoms with Crippen LogP contribution in [0.25, 0.3) is 0 Å². The van der Waals surface area contributed by atoms with Crippen LogP contribution in [0, 0.1) is 5.82 Å². The molecule has 1 unspecified atom stereocenters. The lowest BCUT2D eigenvalue weighted by Crippen LogP contribution is -2.29. The van der Waals surface area contributed by atoms with Crippen molar-refractivity contribution in [1.29, 1.82) is 0 Å². The summed E-state index contributed by atoms with van der Waals surface area (Å²) in [7, 11) is 3.14. The smallest absolute Gasteiger partial charge is 0.254 e. The van der Waals surface area contributed by atoms with Crippen LogP contribution in [0.3, 0.4) is 0 Å². The highest BCUT2D eigenvalue weighted by Gasteiger charge is 2.15. The molecule has 0 aromatic heterocycles. The molecule has 0 aliphatic heterocycles. The Hall–Kier alpha value is -2.40. The Morgan fingerprint density at radius 2 is 1.95 bits per heavy atom. The van der Waals surface area contributed by atoms with Crippen molar-refractivity contribution in [2.75, 3.05) is 20.8 Å². The average Bonchev–Trinajstić information content (AvgIpc) is 2.56. The molecule has 0 bridgehead atoms. The Morgan fingerprint density at radius 3 is 2.64 bits per heavy atom. The van der Waals surface area contributed by atoms with Gasteiger partial charge >= 0.3 is 0 Å². The molecule has 2 rings (SSSR count). The Kier molecular flexibility index (Phi) is 5.49. The number of methoxy groups -OCH3 is 2. The number of carbonyl (C=O) groups excluding carboxylic acids is 1. The fourth-order valence-electron chi connectivity index (χ4n) is 2.11. The summed E-state index contributed by atoms with van der Waals surface area (Å²) in [5.41, 5.74) is 0.888. The van der Waals surface area contributed by atoms with Crippen molar-refractivity contribution in [1.82, 2.24) is 5.32 Å². The lowest BCUT2D eigenvalue weighted by molar-refractivity contribution is 0.0824. The van der Waals surface area contributed by atoms with Crippen LogP contribution >= 0.6 is 0 Å². The Labute approximate surface area is 128 Å². The standard InChI is InChI=1S/C17H18FNO3/c1-21-13-7-5-6-12(10-13)16(22-2)11-19-17(20)14-8-3-4-9-15(14)18/h3-10,16H,11H2,1-2H3,(H,19,20). The van der Waals surface area contributed by atoms with Gasteiger partial charge in [-0.15, -0.1) is 0 Å². The molecule has 0 aliphatic rings. The minimum atomic E-state index is -0.546. The highest BCUT2D eigenvalue weighted by atomic mass is 19.1.